The molecule has 2 N–H and O–H groups in total. The summed E-state index contributed by atoms with van der Waals surface area (Å²) in [6.07, 6.45) is 4.48. The minimum atomic E-state index is -0.882. The number of H-pyrrole nitrogens is 1. The van der Waals surface area contributed by atoms with E-state index in [0.29, 0.717) is 43.6 Å². The summed E-state index contributed by atoms with van der Waals surface area (Å²) in [5, 5.41) is 17.3. The molecule has 1 amide bonds. The summed E-state index contributed by atoms with van der Waals surface area (Å²) in [7, 11) is 1.59. The number of carbonyl (C=O) groups is 1. The zero-order valence-corrected chi connectivity index (χ0v) is 18.8. The third-order valence-corrected chi connectivity index (χ3v) is 5.93. The van der Waals surface area contributed by atoms with E-state index in [2.05, 4.69) is 10.2 Å². The standard InChI is InChI=1S/C25H21F3N4O3/c1-31(12-16-13-32(34)22(10-26)21-11-29-30-24(16)21)25(33)14-2-5-20(23(8-14)35-19-3-4-19)15-6-17(27)9-18(28)7-15/h2,5-9,11,13,19,34H,3-4,10,12H2,1H3/p+1. The Morgan fingerprint density at radius 1 is 1.23 bits per heavy atom. The lowest BCUT2D eigenvalue weighted by Gasteiger charge is -2.19. The highest BCUT2D eigenvalue weighted by Crippen LogP contribution is 2.36. The molecule has 0 atom stereocenters. The van der Waals surface area contributed by atoms with Crippen LogP contribution in [0, 0.1) is 11.6 Å². The number of ether oxygens (including phenoxy) is 1. The van der Waals surface area contributed by atoms with Crippen LogP contribution in [-0.2, 0) is 13.2 Å². The molecule has 0 saturated heterocycles. The molecule has 0 radical (unpaired) electrons. The summed E-state index contributed by atoms with van der Waals surface area (Å²) >= 11 is 0. The molecule has 5 rings (SSSR count). The van der Waals surface area contributed by atoms with Gasteiger partial charge in [0, 0.05) is 29.0 Å². The third-order valence-electron chi connectivity index (χ3n) is 5.93. The third kappa shape index (κ3) is 4.51. The van der Waals surface area contributed by atoms with E-state index in [9.17, 15) is 23.2 Å². The number of carbonyl (C=O) groups excluding carboxylic acids is 1. The van der Waals surface area contributed by atoms with Gasteiger partial charge in [-0.1, -0.05) is 0 Å². The second-order valence-electron chi connectivity index (χ2n) is 8.59. The van der Waals surface area contributed by atoms with Gasteiger partial charge in [0.1, 0.15) is 17.4 Å². The molecule has 2 aromatic heterocycles. The minimum absolute atomic E-state index is 0.00193. The molecule has 2 aromatic carbocycles. The van der Waals surface area contributed by atoms with Crippen molar-refractivity contribution in [2.45, 2.75) is 32.2 Å². The van der Waals surface area contributed by atoms with E-state index in [-0.39, 0.29) is 24.2 Å². The van der Waals surface area contributed by atoms with Crippen molar-refractivity contribution in [3.63, 3.8) is 0 Å². The maximum absolute atomic E-state index is 13.8. The highest BCUT2D eigenvalue weighted by Gasteiger charge is 2.27. The summed E-state index contributed by atoms with van der Waals surface area (Å²) in [5.74, 6) is -1.38. The van der Waals surface area contributed by atoms with Crippen LogP contribution in [0.5, 0.6) is 5.75 Å². The summed E-state index contributed by atoms with van der Waals surface area (Å²) in [4.78, 5) is 14.7. The van der Waals surface area contributed by atoms with Gasteiger partial charge in [0.25, 0.3) is 11.6 Å². The van der Waals surface area contributed by atoms with E-state index < -0.39 is 18.3 Å². The van der Waals surface area contributed by atoms with Crippen LogP contribution >= 0.6 is 0 Å². The molecule has 1 aliphatic rings. The lowest BCUT2D eigenvalue weighted by Crippen LogP contribution is -2.36. The number of hydrogen-bond donors (Lipinski definition) is 2. The van der Waals surface area contributed by atoms with Gasteiger partial charge in [0.15, 0.2) is 6.67 Å². The van der Waals surface area contributed by atoms with Crippen LogP contribution in [0.1, 0.15) is 34.5 Å². The van der Waals surface area contributed by atoms with Crippen molar-refractivity contribution in [1.82, 2.24) is 15.1 Å². The van der Waals surface area contributed by atoms with Gasteiger partial charge in [-0.2, -0.15) is 5.10 Å². The molecule has 1 aliphatic carbocycles. The van der Waals surface area contributed by atoms with Crippen molar-refractivity contribution in [3.8, 4) is 16.9 Å². The number of nitrogens with one attached hydrogen (secondary N) is 1. The van der Waals surface area contributed by atoms with E-state index in [1.807, 2.05) is 0 Å². The Morgan fingerprint density at radius 3 is 2.66 bits per heavy atom. The Bertz CT molecular complexity index is 1410. The summed E-state index contributed by atoms with van der Waals surface area (Å²) in [5.41, 5.74) is 2.22. The zero-order valence-electron chi connectivity index (χ0n) is 18.8. The average molecular weight is 483 g/mol. The molecule has 0 unspecified atom stereocenters. The van der Waals surface area contributed by atoms with Crippen LogP contribution < -0.4 is 9.47 Å². The smallest absolute Gasteiger partial charge is 0.275 e. The lowest BCUT2D eigenvalue weighted by atomic mass is 10.0. The van der Waals surface area contributed by atoms with Crippen LogP contribution in [0.2, 0.25) is 0 Å². The van der Waals surface area contributed by atoms with Crippen molar-refractivity contribution in [3.05, 3.63) is 77.2 Å². The molecule has 4 aromatic rings. The fourth-order valence-electron chi connectivity index (χ4n) is 4.03. The number of hydrogen-bond acceptors (Lipinski definition) is 4. The molecule has 0 bridgehead atoms. The van der Waals surface area contributed by atoms with Gasteiger partial charge in [-0.25, -0.2) is 13.2 Å². The first-order chi connectivity index (χ1) is 16.8. The van der Waals surface area contributed by atoms with Crippen LogP contribution in [0.15, 0.2) is 48.8 Å². The van der Waals surface area contributed by atoms with Gasteiger partial charge in [0.05, 0.1) is 35.3 Å². The van der Waals surface area contributed by atoms with Crippen molar-refractivity contribution in [2.24, 2.45) is 0 Å². The Balaban J connectivity index is 1.45. The first kappa shape index (κ1) is 22.7. The Kier molecular flexibility index (Phi) is 5.80. The number of fused-ring (bicyclic) bond motifs is 1. The molecule has 35 heavy (non-hydrogen) atoms. The lowest BCUT2D eigenvalue weighted by molar-refractivity contribution is -0.909. The maximum Gasteiger partial charge on any atom is 0.275 e. The minimum Gasteiger partial charge on any atom is -0.490 e. The van der Waals surface area contributed by atoms with Crippen molar-refractivity contribution in [1.29, 1.82) is 0 Å². The SMILES string of the molecule is CN(Cc1c[n+](O)c(CF)c2cn[nH]c12)C(=O)c1ccc(-c2cc(F)cc(F)c2)c(OC2CC2)c1. The van der Waals surface area contributed by atoms with Gasteiger partial charge in [-0.3, -0.25) is 15.1 Å². The van der Waals surface area contributed by atoms with E-state index in [0.717, 1.165) is 18.9 Å². The second kappa shape index (κ2) is 8.94. The quantitative estimate of drug-likeness (QED) is 0.303. The van der Waals surface area contributed by atoms with E-state index >= 15 is 0 Å². The molecule has 10 heteroatoms. The normalized spacial score (nSPS) is 13.3. The molecule has 0 aliphatic heterocycles. The number of pyridine rings is 1. The van der Waals surface area contributed by atoms with E-state index in [1.54, 1.807) is 25.2 Å². The number of alkyl halides is 1. The number of aromatic amines is 1. The van der Waals surface area contributed by atoms with Crippen LogP contribution in [0.3, 0.4) is 0 Å². The Hall–Kier alpha value is -4.08. The monoisotopic (exact) mass is 483 g/mol. The summed E-state index contributed by atoms with van der Waals surface area (Å²) in [6, 6.07) is 7.97. The van der Waals surface area contributed by atoms with Gasteiger partial charge in [-0.05, 0) is 48.7 Å². The fourth-order valence-corrected chi connectivity index (χ4v) is 4.03. The largest absolute Gasteiger partial charge is 0.490 e. The number of halogens is 3. The first-order valence-corrected chi connectivity index (χ1v) is 11.0. The van der Waals surface area contributed by atoms with Gasteiger partial charge in [-0.15, -0.1) is 0 Å². The van der Waals surface area contributed by atoms with Crippen molar-refractivity contribution in [2.75, 3.05) is 7.05 Å². The van der Waals surface area contributed by atoms with Crippen molar-refractivity contribution >= 4 is 16.8 Å². The Morgan fingerprint density at radius 2 is 1.97 bits per heavy atom. The number of benzene rings is 2. The van der Waals surface area contributed by atoms with Gasteiger partial charge < -0.3 is 9.64 Å². The van der Waals surface area contributed by atoms with Crippen LogP contribution in [-0.4, -0.2) is 39.4 Å². The number of amides is 1. The highest BCUT2D eigenvalue weighted by atomic mass is 19.1. The number of rotatable bonds is 7. The molecule has 180 valence electrons. The average Bonchev–Trinajstić information content (AvgIpc) is 3.50. The topological polar surface area (TPSA) is 82.3 Å². The van der Waals surface area contributed by atoms with Crippen molar-refractivity contribution < 1.29 is 32.6 Å². The zero-order chi connectivity index (χ0) is 24.7. The molecule has 1 saturated carbocycles. The molecule has 7 nitrogen and oxygen atoms in total. The number of nitrogens with zero attached hydrogens (tertiary/aromatic N) is 3. The molecule has 1 fully saturated rings. The van der Waals surface area contributed by atoms with Gasteiger partial charge in [0.2, 0.25) is 6.20 Å². The van der Waals surface area contributed by atoms with E-state index in [4.69, 9.17) is 4.74 Å². The Labute approximate surface area is 198 Å². The summed E-state index contributed by atoms with van der Waals surface area (Å²) < 4.78 is 47.6. The molecular formula is C25H22F3N4O3+. The fraction of sp³-hybridized carbons (Fsp3) is 0.240. The van der Waals surface area contributed by atoms with Crippen LogP contribution in [0.25, 0.3) is 22.0 Å². The van der Waals surface area contributed by atoms with Gasteiger partial charge >= 0.3 is 0 Å². The first-order valence-electron chi connectivity index (χ1n) is 11.0. The highest BCUT2D eigenvalue weighted by molar-refractivity contribution is 5.95. The second-order valence-corrected chi connectivity index (χ2v) is 8.59. The molecule has 0 spiro atoms. The number of aromatic nitrogens is 3. The van der Waals surface area contributed by atoms with E-state index in [1.165, 1.54) is 29.4 Å². The molecule has 2 heterocycles. The predicted octanol–water partition coefficient (Wildman–Crippen LogP) is 4.32. The maximum atomic E-state index is 13.8. The van der Waals surface area contributed by atoms with Crippen LogP contribution in [0.4, 0.5) is 13.2 Å². The summed E-state index contributed by atoms with van der Waals surface area (Å²) in [6.45, 7) is -0.784. The molecular weight excluding hydrogens is 461 g/mol. The predicted molar refractivity (Wildman–Crippen MR) is 120 cm³/mol.